The van der Waals surface area contributed by atoms with Gasteiger partial charge in [0.25, 0.3) is 21.0 Å². The van der Waals surface area contributed by atoms with Crippen molar-refractivity contribution in [2.45, 2.75) is 52.1 Å². The molecule has 0 aliphatic rings. The number of carbonyl (C=O) groups is 1. The van der Waals surface area contributed by atoms with Gasteiger partial charge in [-0.05, 0) is 51.8 Å². The summed E-state index contributed by atoms with van der Waals surface area (Å²) in [6.45, 7) is 7.76. The molecule has 0 atom stereocenters. The molecule has 1 N–H and O–H groups in total. The highest BCUT2D eigenvalue weighted by molar-refractivity contribution is 7.92. The van der Waals surface area contributed by atoms with E-state index in [1.54, 1.807) is 39.8 Å². The summed E-state index contributed by atoms with van der Waals surface area (Å²) < 4.78 is 73.8. The minimum atomic E-state index is -4.81. The molecule has 172 valence electrons. The monoisotopic (exact) mass is 471 g/mol. The standard InChI is InChI=1S/C19H20F3N5O4S/c1-9(2)31-16(28)14-10(3)6-7-11(4)15(14)26-32(29,30)18-24-17-23-12(5)8-13(19(20,21)22)27(17)25-18/h6-9,26H,1-5H3. The van der Waals surface area contributed by atoms with Crippen LogP contribution in [0.25, 0.3) is 5.78 Å². The second-order valence-corrected chi connectivity index (χ2v) is 8.97. The van der Waals surface area contributed by atoms with Gasteiger partial charge in [0, 0.05) is 5.69 Å². The summed E-state index contributed by atoms with van der Waals surface area (Å²) in [4.78, 5) is 20.1. The summed E-state index contributed by atoms with van der Waals surface area (Å²) in [5, 5.41) is 2.59. The van der Waals surface area contributed by atoms with Crippen molar-refractivity contribution in [3.63, 3.8) is 0 Å². The van der Waals surface area contributed by atoms with E-state index in [1.165, 1.54) is 6.92 Å². The molecule has 3 aromatic rings. The number of halogens is 3. The summed E-state index contributed by atoms with van der Waals surface area (Å²) in [5.74, 6) is -1.28. The number of esters is 1. The molecule has 1 aromatic carbocycles. The first-order chi connectivity index (χ1) is 14.7. The van der Waals surface area contributed by atoms with Crippen LogP contribution in [0.5, 0.6) is 0 Å². The average molecular weight is 471 g/mol. The van der Waals surface area contributed by atoms with Gasteiger partial charge in [0.05, 0.1) is 17.4 Å². The van der Waals surface area contributed by atoms with Crippen LogP contribution in [0.15, 0.2) is 23.4 Å². The van der Waals surface area contributed by atoms with E-state index in [4.69, 9.17) is 4.74 Å². The molecule has 0 aliphatic heterocycles. The number of benzene rings is 1. The summed E-state index contributed by atoms with van der Waals surface area (Å²) in [7, 11) is -4.58. The van der Waals surface area contributed by atoms with Crippen LogP contribution in [0.3, 0.4) is 0 Å². The number of ether oxygens (including phenoxy) is 1. The number of hydrogen-bond acceptors (Lipinski definition) is 7. The van der Waals surface area contributed by atoms with Crippen molar-refractivity contribution in [1.82, 2.24) is 19.6 Å². The lowest BCUT2D eigenvalue weighted by Gasteiger charge is -2.17. The molecule has 13 heteroatoms. The SMILES string of the molecule is Cc1cc(C(F)(F)F)n2nc(S(=O)(=O)Nc3c(C)ccc(C)c3C(=O)OC(C)C)nc2n1. The molecule has 32 heavy (non-hydrogen) atoms. The Morgan fingerprint density at radius 2 is 1.75 bits per heavy atom. The number of sulfonamides is 1. The number of aromatic nitrogens is 4. The Kier molecular flexibility index (Phi) is 5.89. The van der Waals surface area contributed by atoms with Gasteiger partial charge in [0.15, 0.2) is 5.69 Å². The van der Waals surface area contributed by atoms with Crippen LogP contribution in [0.1, 0.15) is 46.7 Å². The zero-order valence-corrected chi connectivity index (χ0v) is 18.6. The largest absolute Gasteiger partial charge is 0.459 e. The lowest BCUT2D eigenvalue weighted by atomic mass is 10.0. The smallest absolute Gasteiger partial charge is 0.433 e. The van der Waals surface area contributed by atoms with Crippen molar-refractivity contribution < 1.29 is 31.1 Å². The van der Waals surface area contributed by atoms with Gasteiger partial charge in [-0.1, -0.05) is 12.1 Å². The molecule has 2 heterocycles. The maximum Gasteiger partial charge on any atom is 0.433 e. The Morgan fingerprint density at radius 1 is 1.12 bits per heavy atom. The second kappa shape index (κ2) is 8.04. The molecule has 9 nitrogen and oxygen atoms in total. The van der Waals surface area contributed by atoms with Gasteiger partial charge in [0.1, 0.15) is 0 Å². The van der Waals surface area contributed by atoms with Crippen molar-refractivity contribution in [3.8, 4) is 0 Å². The van der Waals surface area contributed by atoms with E-state index in [0.29, 0.717) is 15.6 Å². The predicted molar refractivity (Wildman–Crippen MR) is 108 cm³/mol. The molecule has 0 fully saturated rings. The Hall–Kier alpha value is -3.22. The van der Waals surface area contributed by atoms with Gasteiger partial charge in [-0.3, -0.25) is 4.72 Å². The molecule has 0 bridgehead atoms. The molecule has 2 aromatic heterocycles. The van der Waals surface area contributed by atoms with Crippen molar-refractivity contribution in [3.05, 3.63) is 46.3 Å². The van der Waals surface area contributed by atoms with Crippen LogP contribution in [-0.2, 0) is 20.9 Å². The van der Waals surface area contributed by atoms with E-state index in [-0.39, 0.29) is 16.9 Å². The number of carbonyl (C=O) groups excluding carboxylic acids is 1. The summed E-state index contributed by atoms with van der Waals surface area (Å²) >= 11 is 0. The lowest BCUT2D eigenvalue weighted by Crippen LogP contribution is -2.21. The molecule has 0 aliphatic carbocycles. The highest BCUT2D eigenvalue weighted by Crippen LogP contribution is 2.31. The van der Waals surface area contributed by atoms with E-state index in [0.717, 1.165) is 6.07 Å². The molecule has 0 amide bonds. The van der Waals surface area contributed by atoms with E-state index in [2.05, 4.69) is 19.8 Å². The fraction of sp³-hybridized carbons (Fsp3) is 0.368. The van der Waals surface area contributed by atoms with E-state index in [1.807, 2.05) is 0 Å². The van der Waals surface area contributed by atoms with Crippen LogP contribution in [0.4, 0.5) is 18.9 Å². The molecule has 0 radical (unpaired) electrons. The van der Waals surface area contributed by atoms with E-state index >= 15 is 0 Å². The summed E-state index contributed by atoms with van der Waals surface area (Å²) in [5.41, 5.74) is -0.489. The van der Waals surface area contributed by atoms with Gasteiger partial charge in [-0.15, -0.1) is 5.10 Å². The molecule has 0 unspecified atom stereocenters. The Bertz CT molecular complexity index is 1320. The zero-order chi connectivity index (χ0) is 24.0. The molecule has 0 saturated heterocycles. The van der Waals surface area contributed by atoms with Gasteiger partial charge in [-0.25, -0.2) is 9.78 Å². The number of nitrogens with one attached hydrogen (secondary N) is 1. The second-order valence-electron chi connectivity index (χ2n) is 7.40. The summed E-state index contributed by atoms with van der Waals surface area (Å²) in [6, 6.07) is 3.94. The maximum atomic E-state index is 13.4. The van der Waals surface area contributed by atoms with E-state index in [9.17, 15) is 26.4 Å². The average Bonchev–Trinajstić information content (AvgIpc) is 3.07. The van der Waals surface area contributed by atoms with Gasteiger partial charge in [0.2, 0.25) is 0 Å². The molecule has 3 rings (SSSR count). The normalized spacial score (nSPS) is 12.4. The zero-order valence-electron chi connectivity index (χ0n) is 17.8. The number of anilines is 1. The number of fused-ring (bicyclic) bond motifs is 1. The number of hydrogen-bond donors (Lipinski definition) is 1. The van der Waals surface area contributed by atoms with Crippen LogP contribution in [-0.4, -0.2) is 40.1 Å². The minimum absolute atomic E-state index is 0.0117. The predicted octanol–water partition coefficient (Wildman–Crippen LogP) is 3.43. The minimum Gasteiger partial charge on any atom is -0.459 e. The molecule has 0 spiro atoms. The Labute approximate surface area is 181 Å². The van der Waals surface area contributed by atoms with Crippen LogP contribution < -0.4 is 4.72 Å². The quantitative estimate of drug-likeness (QED) is 0.567. The molecular formula is C19H20F3N5O4S. The van der Waals surface area contributed by atoms with Gasteiger partial charge in [-0.2, -0.15) is 31.1 Å². The van der Waals surface area contributed by atoms with Crippen molar-refractivity contribution >= 4 is 27.5 Å². The van der Waals surface area contributed by atoms with Crippen molar-refractivity contribution in [2.24, 2.45) is 0 Å². The third-order valence-electron chi connectivity index (χ3n) is 4.36. The number of rotatable bonds is 5. The third-order valence-corrected chi connectivity index (χ3v) is 5.48. The van der Waals surface area contributed by atoms with Crippen molar-refractivity contribution in [2.75, 3.05) is 4.72 Å². The van der Waals surface area contributed by atoms with E-state index < -0.39 is 44.9 Å². The summed E-state index contributed by atoms with van der Waals surface area (Å²) in [6.07, 6.45) is -5.27. The molecular weight excluding hydrogens is 451 g/mol. The highest BCUT2D eigenvalue weighted by atomic mass is 32.2. The number of nitrogens with zero attached hydrogens (tertiary/aromatic N) is 4. The first-order valence-corrected chi connectivity index (χ1v) is 10.8. The highest BCUT2D eigenvalue weighted by Gasteiger charge is 2.36. The van der Waals surface area contributed by atoms with Crippen LogP contribution in [0, 0.1) is 20.8 Å². The van der Waals surface area contributed by atoms with Gasteiger partial charge < -0.3 is 4.74 Å². The number of alkyl halides is 3. The first-order valence-electron chi connectivity index (χ1n) is 9.36. The third kappa shape index (κ3) is 4.52. The fourth-order valence-electron chi connectivity index (χ4n) is 2.94. The Morgan fingerprint density at radius 3 is 2.34 bits per heavy atom. The molecule has 0 saturated carbocycles. The van der Waals surface area contributed by atoms with Crippen LogP contribution in [0.2, 0.25) is 0 Å². The number of aryl methyl sites for hydroxylation is 3. The Balaban J connectivity index is 2.13. The fourth-order valence-corrected chi connectivity index (χ4v) is 3.96. The van der Waals surface area contributed by atoms with Crippen LogP contribution >= 0.6 is 0 Å². The topological polar surface area (TPSA) is 116 Å². The lowest BCUT2D eigenvalue weighted by molar-refractivity contribution is -0.142. The van der Waals surface area contributed by atoms with Gasteiger partial charge >= 0.3 is 12.1 Å². The maximum absolute atomic E-state index is 13.4. The van der Waals surface area contributed by atoms with Crippen molar-refractivity contribution in [1.29, 1.82) is 0 Å². The first kappa shape index (κ1) is 23.4.